The maximum atomic E-state index is 4.84. The predicted octanol–water partition coefficient (Wildman–Crippen LogP) is 5.41. The number of rotatable bonds is 5. The van der Waals surface area contributed by atoms with Crippen molar-refractivity contribution < 1.29 is 0 Å². The molecule has 0 radical (unpaired) electrons. The quantitative estimate of drug-likeness (QED) is 0.631. The summed E-state index contributed by atoms with van der Waals surface area (Å²) in [5.41, 5.74) is 3.34. The predicted molar refractivity (Wildman–Crippen MR) is 99.9 cm³/mol. The summed E-state index contributed by atoms with van der Waals surface area (Å²) >= 11 is 0. The Bertz CT molecular complexity index is 823. The molecule has 0 fully saturated rings. The highest BCUT2D eigenvalue weighted by atomic mass is 14.9. The van der Waals surface area contributed by atoms with Crippen LogP contribution in [0.5, 0.6) is 0 Å². The Morgan fingerprint density at radius 2 is 1.75 bits per heavy atom. The van der Waals surface area contributed by atoms with Crippen molar-refractivity contribution in [3.63, 3.8) is 0 Å². The lowest BCUT2D eigenvalue weighted by molar-refractivity contribution is 0.397. The van der Waals surface area contributed by atoms with Gasteiger partial charge in [-0.05, 0) is 47.7 Å². The van der Waals surface area contributed by atoms with E-state index in [2.05, 4.69) is 55.9 Å². The van der Waals surface area contributed by atoms with E-state index in [0.717, 1.165) is 28.7 Å². The minimum Gasteiger partial charge on any atom is -0.265 e. The zero-order chi connectivity index (χ0) is 17.2. The molecule has 0 aliphatic carbocycles. The van der Waals surface area contributed by atoms with Gasteiger partial charge in [-0.15, -0.1) is 0 Å². The van der Waals surface area contributed by atoms with E-state index in [1.807, 2.05) is 30.7 Å². The molecular weight excluding hydrogens is 294 g/mol. The van der Waals surface area contributed by atoms with E-state index in [1.165, 1.54) is 12.0 Å². The summed E-state index contributed by atoms with van der Waals surface area (Å²) in [4.78, 5) is 13.6. The molecule has 124 valence electrons. The molecule has 0 spiro atoms. The zero-order valence-electron chi connectivity index (χ0n) is 15.0. The maximum Gasteiger partial charge on any atom is 0.134 e. The third-order valence-corrected chi connectivity index (χ3v) is 4.55. The average molecular weight is 319 g/mol. The Labute approximate surface area is 144 Å². The van der Waals surface area contributed by atoms with Crippen LogP contribution in [0.4, 0.5) is 0 Å². The second-order valence-electron chi connectivity index (χ2n) is 7.52. The number of pyridine rings is 1. The van der Waals surface area contributed by atoms with Crippen molar-refractivity contribution in [2.45, 2.75) is 46.0 Å². The van der Waals surface area contributed by atoms with Crippen molar-refractivity contribution >= 4 is 10.9 Å². The first-order chi connectivity index (χ1) is 11.5. The molecule has 0 saturated heterocycles. The fraction of sp³-hybridized carbons (Fsp3) is 0.381. The third kappa shape index (κ3) is 3.61. The molecular formula is C21H25N3. The number of hydrogen-bond donors (Lipinski definition) is 0. The van der Waals surface area contributed by atoms with Crippen LogP contribution < -0.4 is 0 Å². The van der Waals surface area contributed by atoms with Crippen LogP contribution in [0.1, 0.15) is 46.4 Å². The molecule has 3 rings (SSSR count). The minimum atomic E-state index is 0.00221. The minimum absolute atomic E-state index is 0.00221. The Balaban J connectivity index is 1.92. The van der Waals surface area contributed by atoms with Crippen molar-refractivity contribution in [3.8, 4) is 11.1 Å². The molecule has 2 heterocycles. The first-order valence-corrected chi connectivity index (χ1v) is 8.63. The van der Waals surface area contributed by atoms with Gasteiger partial charge >= 0.3 is 0 Å². The number of benzene rings is 1. The average Bonchev–Trinajstić information content (AvgIpc) is 2.60. The van der Waals surface area contributed by atoms with E-state index >= 15 is 0 Å². The molecule has 0 saturated carbocycles. The van der Waals surface area contributed by atoms with Crippen molar-refractivity contribution in [2.24, 2.45) is 5.92 Å². The summed E-state index contributed by atoms with van der Waals surface area (Å²) < 4.78 is 0. The monoisotopic (exact) mass is 319 g/mol. The van der Waals surface area contributed by atoms with Gasteiger partial charge in [0.05, 0.1) is 5.52 Å². The Morgan fingerprint density at radius 3 is 2.46 bits per heavy atom. The van der Waals surface area contributed by atoms with Gasteiger partial charge in [-0.25, -0.2) is 9.97 Å². The van der Waals surface area contributed by atoms with Crippen LogP contribution in [0.3, 0.4) is 0 Å². The van der Waals surface area contributed by atoms with Crippen LogP contribution in [0.15, 0.2) is 48.9 Å². The van der Waals surface area contributed by atoms with Gasteiger partial charge in [-0.1, -0.05) is 40.2 Å². The van der Waals surface area contributed by atoms with Crippen LogP contribution in [-0.2, 0) is 5.41 Å². The second kappa shape index (κ2) is 6.68. The van der Waals surface area contributed by atoms with Gasteiger partial charge < -0.3 is 0 Å². The van der Waals surface area contributed by atoms with Gasteiger partial charge in [-0.2, -0.15) is 0 Å². The lowest BCUT2D eigenvalue weighted by Crippen LogP contribution is -2.21. The Morgan fingerprint density at radius 1 is 1.00 bits per heavy atom. The highest BCUT2D eigenvalue weighted by Crippen LogP contribution is 2.29. The van der Waals surface area contributed by atoms with Crippen molar-refractivity contribution in [1.29, 1.82) is 0 Å². The number of nitrogens with zero attached hydrogens (tertiary/aromatic N) is 3. The fourth-order valence-electron chi connectivity index (χ4n) is 2.84. The molecule has 0 amide bonds. The largest absolute Gasteiger partial charge is 0.265 e. The molecule has 3 nitrogen and oxygen atoms in total. The third-order valence-electron chi connectivity index (χ3n) is 4.55. The highest BCUT2D eigenvalue weighted by Gasteiger charge is 2.24. The van der Waals surface area contributed by atoms with Gasteiger partial charge in [0.15, 0.2) is 0 Å². The van der Waals surface area contributed by atoms with Crippen molar-refractivity contribution in [2.75, 3.05) is 0 Å². The van der Waals surface area contributed by atoms with E-state index in [4.69, 9.17) is 4.98 Å². The molecule has 0 aliphatic rings. The summed E-state index contributed by atoms with van der Waals surface area (Å²) in [5.74, 6) is 1.64. The first kappa shape index (κ1) is 16.6. The molecule has 0 atom stereocenters. The normalized spacial score (nSPS) is 12.0. The van der Waals surface area contributed by atoms with Crippen LogP contribution in [0.2, 0.25) is 0 Å². The summed E-state index contributed by atoms with van der Waals surface area (Å²) in [6.07, 6.45) is 7.88. The first-order valence-electron chi connectivity index (χ1n) is 8.63. The topological polar surface area (TPSA) is 38.7 Å². The molecule has 0 aliphatic heterocycles. The lowest BCUT2D eigenvalue weighted by Gasteiger charge is -2.24. The fourth-order valence-corrected chi connectivity index (χ4v) is 2.84. The van der Waals surface area contributed by atoms with E-state index in [9.17, 15) is 0 Å². The number of fused-ring (bicyclic) bond motifs is 1. The molecule has 24 heavy (non-hydrogen) atoms. The van der Waals surface area contributed by atoms with Crippen molar-refractivity contribution in [3.05, 3.63) is 54.7 Å². The Hall–Kier alpha value is -2.29. The number of aromatic nitrogens is 3. The summed E-state index contributed by atoms with van der Waals surface area (Å²) in [6.45, 7) is 9.00. The van der Waals surface area contributed by atoms with Gasteiger partial charge in [0.25, 0.3) is 0 Å². The van der Waals surface area contributed by atoms with E-state index < -0.39 is 0 Å². The smallest absolute Gasteiger partial charge is 0.134 e. The van der Waals surface area contributed by atoms with Crippen molar-refractivity contribution in [1.82, 2.24) is 15.0 Å². The van der Waals surface area contributed by atoms with Crippen LogP contribution in [0.25, 0.3) is 22.0 Å². The summed E-state index contributed by atoms with van der Waals surface area (Å²) in [5, 5.41) is 1.08. The van der Waals surface area contributed by atoms with Gasteiger partial charge in [0.1, 0.15) is 5.82 Å². The summed E-state index contributed by atoms with van der Waals surface area (Å²) in [7, 11) is 0. The second-order valence-corrected chi connectivity index (χ2v) is 7.52. The van der Waals surface area contributed by atoms with Gasteiger partial charge in [-0.3, -0.25) is 4.98 Å². The molecule has 0 N–H and O–H groups in total. The molecule has 0 bridgehead atoms. The maximum absolute atomic E-state index is 4.84. The van der Waals surface area contributed by atoms with E-state index in [-0.39, 0.29) is 5.41 Å². The zero-order valence-corrected chi connectivity index (χ0v) is 15.0. The van der Waals surface area contributed by atoms with Gasteiger partial charge in [0, 0.05) is 29.4 Å². The standard InChI is InChI=1S/C21H25N3/c1-15(2)7-10-21(3,4)20-23-14-18-13-17(5-6-19(18)24-20)16-8-11-22-12-9-16/h5-6,8-9,11-15H,7,10H2,1-4H3. The summed E-state index contributed by atoms with van der Waals surface area (Å²) in [6, 6.07) is 10.4. The van der Waals surface area contributed by atoms with Gasteiger partial charge in [0.2, 0.25) is 0 Å². The molecule has 3 heteroatoms. The molecule has 3 aromatic rings. The molecule has 2 aromatic heterocycles. The highest BCUT2D eigenvalue weighted by molar-refractivity contribution is 5.83. The SMILES string of the molecule is CC(C)CCC(C)(C)c1ncc2cc(-c3ccncc3)ccc2n1. The lowest BCUT2D eigenvalue weighted by atomic mass is 9.84. The molecule has 1 aromatic carbocycles. The van der Waals surface area contributed by atoms with Crippen LogP contribution in [0, 0.1) is 5.92 Å². The number of hydrogen-bond acceptors (Lipinski definition) is 3. The van der Waals surface area contributed by atoms with E-state index in [0.29, 0.717) is 5.92 Å². The van der Waals surface area contributed by atoms with Crippen LogP contribution >= 0.6 is 0 Å². The van der Waals surface area contributed by atoms with Crippen LogP contribution in [-0.4, -0.2) is 15.0 Å². The Kier molecular flexibility index (Phi) is 4.61. The molecule has 0 unspecified atom stereocenters. The van der Waals surface area contributed by atoms with E-state index in [1.54, 1.807) is 0 Å².